The number of nitrogens with zero attached hydrogens (tertiary/aromatic N) is 1. The molecule has 0 aliphatic carbocycles. The summed E-state index contributed by atoms with van der Waals surface area (Å²) < 4.78 is 46.4. The normalized spacial score (nSPS) is 11.3. The number of benzene rings is 1. The lowest BCUT2D eigenvalue weighted by Gasteiger charge is -2.12. The SMILES string of the molecule is FC(F)(F)Oc1ccc(Oc2ncc(Cl)cc2Br)cc1Br. The Morgan fingerprint density at radius 1 is 1.10 bits per heavy atom. The molecule has 1 aromatic heterocycles. The zero-order chi connectivity index (χ0) is 15.6. The predicted octanol–water partition coefficient (Wildman–Crippen LogP) is 5.95. The summed E-state index contributed by atoms with van der Waals surface area (Å²) in [5.74, 6) is 0.153. The third kappa shape index (κ3) is 4.76. The van der Waals surface area contributed by atoms with E-state index in [0.717, 1.165) is 6.07 Å². The van der Waals surface area contributed by atoms with E-state index in [4.69, 9.17) is 16.3 Å². The highest BCUT2D eigenvalue weighted by Gasteiger charge is 2.32. The minimum atomic E-state index is -4.76. The molecule has 0 aliphatic rings. The van der Waals surface area contributed by atoms with Crippen molar-refractivity contribution in [3.05, 3.63) is 44.4 Å². The molecule has 0 atom stereocenters. The van der Waals surface area contributed by atoms with Crippen molar-refractivity contribution in [3.63, 3.8) is 0 Å². The first-order valence-corrected chi connectivity index (χ1v) is 7.25. The third-order valence-corrected chi connectivity index (χ3v) is 3.51. The second kappa shape index (κ2) is 6.41. The molecule has 0 radical (unpaired) electrons. The molecule has 2 aromatic rings. The lowest BCUT2D eigenvalue weighted by Crippen LogP contribution is -2.17. The number of halogens is 6. The van der Waals surface area contributed by atoms with E-state index in [1.807, 2.05) is 0 Å². The molecule has 0 fully saturated rings. The average molecular weight is 447 g/mol. The van der Waals surface area contributed by atoms with Crippen molar-refractivity contribution in [1.82, 2.24) is 4.98 Å². The highest BCUT2D eigenvalue weighted by molar-refractivity contribution is 9.10. The Bertz CT molecular complexity index is 667. The first-order valence-electron chi connectivity index (χ1n) is 5.29. The van der Waals surface area contributed by atoms with Gasteiger partial charge in [0, 0.05) is 6.20 Å². The molecule has 0 amide bonds. The quantitative estimate of drug-likeness (QED) is 0.583. The van der Waals surface area contributed by atoms with Gasteiger partial charge in [-0.1, -0.05) is 11.6 Å². The standard InChI is InChI=1S/C12H5Br2ClF3NO2/c13-8-4-7(1-2-10(8)21-12(16,17)18)20-11-9(14)3-6(15)5-19-11/h1-5H. The van der Waals surface area contributed by atoms with E-state index in [0.29, 0.717) is 9.50 Å². The average Bonchev–Trinajstić information content (AvgIpc) is 2.35. The molecule has 9 heteroatoms. The van der Waals surface area contributed by atoms with E-state index in [1.54, 1.807) is 6.07 Å². The molecule has 2 rings (SSSR count). The van der Waals surface area contributed by atoms with Gasteiger partial charge < -0.3 is 9.47 Å². The van der Waals surface area contributed by atoms with Crippen molar-refractivity contribution in [2.45, 2.75) is 6.36 Å². The Hall–Kier alpha value is -0.990. The summed E-state index contributed by atoms with van der Waals surface area (Å²) >= 11 is 12.0. The van der Waals surface area contributed by atoms with Crippen LogP contribution in [0.5, 0.6) is 17.4 Å². The number of pyridine rings is 1. The van der Waals surface area contributed by atoms with Crippen LogP contribution in [0.1, 0.15) is 0 Å². The van der Waals surface area contributed by atoms with Gasteiger partial charge in [0.05, 0.1) is 14.0 Å². The molecule has 0 spiro atoms. The molecular formula is C12H5Br2ClF3NO2. The number of rotatable bonds is 3. The van der Waals surface area contributed by atoms with Gasteiger partial charge in [0.2, 0.25) is 5.88 Å². The van der Waals surface area contributed by atoms with Crippen LogP contribution in [0.2, 0.25) is 5.02 Å². The van der Waals surface area contributed by atoms with Gasteiger partial charge in [0.15, 0.2) is 0 Å². The first kappa shape index (κ1) is 16.4. The second-order valence-electron chi connectivity index (χ2n) is 3.68. The van der Waals surface area contributed by atoms with Crippen LogP contribution in [0.4, 0.5) is 13.2 Å². The van der Waals surface area contributed by atoms with Crippen LogP contribution in [0.3, 0.4) is 0 Å². The molecule has 1 aromatic carbocycles. The number of hydrogen-bond donors (Lipinski definition) is 0. The van der Waals surface area contributed by atoms with Gasteiger partial charge in [-0.25, -0.2) is 4.98 Å². The van der Waals surface area contributed by atoms with Crippen molar-refractivity contribution in [1.29, 1.82) is 0 Å². The van der Waals surface area contributed by atoms with Crippen molar-refractivity contribution in [2.24, 2.45) is 0 Å². The molecule has 3 nitrogen and oxygen atoms in total. The fourth-order valence-corrected chi connectivity index (χ4v) is 2.50. The molecule has 0 saturated heterocycles. The highest BCUT2D eigenvalue weighted by atomic mass is 79.9. The van der Waals surface area contributed by atoms with Crippen LogP contribution < -0.4 is 9.47 Å². The summed E-state index contributed by atoms with van der Waals surface area (Å²) in [5, 5.41) is 0.421. The summed E-state index contributed by atoms with van der Waals surface area (Å²) in [4.78, 5) is 3.96. The highest BCUT2D eigenvalue weighted by Crippen LogP contribution is 2.36. The first-order chi connectivity index (χ1) is 9.74. The Balaban J connectivity index is 2.20. The molecule has 112 valence electrons. The molecule has 0 unspecified atom stereocenters. The summed E-state index contributed by atoms with van der Waals surface area (Å²) in [7, 11) is 0. The van der Waals surface area contributed by atoms with E-state index in [1.165, 1.54) is 18.3 Å². The third-order valence-electron chi connectivity index (χ3n) is 2.12. The summed E-state index contributed by atoms with van der Waals surface area (Å²) in [5.41, 5.74) is 0. The van der Waals surface area contributed by atoms with Gasteiger partial charge in [0.25, 0.3) is 0 Å². The maximum absolute atomic E-state index is 12.2. The molecular weight excluding hydrogens is 442 g/mol. The van der Waals surface area contributed by atoms with Crippen LogP contribution in [0, 0.1) is 0 Å². The van der Waals surface area contributed by atoms with Crippen LogP contribution in [-0.4, -0.2) is 11.3 Å². The fourth-order valence-electron chi connectivity index (χ4n) is 1.34. The van der Waals surface area contributed by atoms with Crippen molar-refractivity contribution >= 4 is 43.5 Å². The van der Waals surface area contributed by atoms with Crippen LogP contribution in [0.15, 0.2) is 39.4 Å². The van der Waals surface area contributed by atoms with E-state index in [2.05, 4.69) is 41.6 Å². The van der Waals surface area contributed by atoms with Crippen molar-refractivity contribution in [3.8, 4) is 17.4 Å². The van der Waals surface area contributed by atoms with Gasteiger partial charge in [-0.15, -0.1) is 13.2 Å². The zero-order valence-corrected chi connectivity index (χ0v) is 13.8. The minimum absolute atomic E-state index is 0.0995. The monoisotopic (exact) mass is 445 g/mol. The molecule has 1 heterocycles. The molecule has 0 N–H and O–H groups in total. The predicted molar refractivity (Wildman–Crippen MR) is 77.8 cm³/mol. The number of aromatic nitrogens is 1. The Morgan fingerprint density at radius 2 is 1.81 bits per heavy atom. The largest absolute Gasteiger partial charge is 0.573 e. The summed E-state index contributed by atoms with van der Waals surface area (Å²) in [6, 6.07) is 5.38. The molecule has 0 saturated carbocycles. The maximum Gasteiger partial charge on any atom is 0.573 e. The zero-order valence-electron chi connectivity index (χ0n) is 9.92. The Morgan fingerprint density at radius 3 is 2.38 bits per heavy atom. The van der Waals surface area contributed by atoms with E-state index in [-0.39, 0.29) is 21.9 Å². The second-order valence-corrected chi connectivity index (χ2v) is 5.83. The van der Waals surface area contributed by atoms with E-state index in [9.17, 15) is 13.2 Å². The molecule has 0 bridgehead atoms. The van der Waals surface area contributed by atoms with E-state index >= 15 is 0 Å². The Kier molecular flexibility index (Phi) is 5.00. The van der Waals surface area contributed by atoms with Crippen LogP contribution >= 0.6 is 43.5 Å². The topological polar surface area (TPSA) is 31.4 Å². The smallest absolute Gasteiger partial charge is 0.438 e. The van der Waals surface area contributed by atoms with Crippen molar-refractivity contribution in [2.75, 3.05) is 0 Å². The van der Waals surface area contributed by atoms with Crippen LogP contribution in [-0.2, 0) is 0 Å². The Labute approximate surface area is 139 Å². The summed E-state index contributed by atoms with van der Waals surface area (Å²) in [6.45, 7) is 0. The van der Waals surface area contributed by atoms with Crippen LogP contribution in [0.25, 0.3) is 0 Å². The van der Waals surface area contributed by atoms with Crippen molar-refractivity contribution < 1.29 is 22.6 Å². The lowest BCUT2D eigenvalue weighted by molar-refractivity contribution is -0.274. The minimum Gasteiger partial charge on any atom is -0.438 e. The molecule has 0 aliphatic heterocycles. The molecule has 21 heavy (non-hydrogen) atoms. The van der Waals surface area contributed by atoms with Gasteiger partial charge in [-0.05, 0) is 56.1 Å². The number of hydrogen-bond acceptors (Lipinski definition) is 3. The number of alkyl halides is 3. The number of ether oxygens (including phenoxy) is 2. The summed E-state index contributed by atoms with van der Waals surface area (Å²) in [6.07, 6.45) is -3.37. The fraction of sp³-hybridized carbons (Fsp3) is 0.0833. The van der Waals surface area contributed by atoms with Gasteiger partial charge >= 0.3 is 6.36 Å². The van der Waals surface area contributed by atoms with Gasteiger partial charge in [-0.3, -0.25) is 0 Å². The maximum atomic E-state index is 12.2. The van der Waals surface area contributed by atoms with Gasteiger partial charge in [-0.2, -0.15) is 0 Å². The lowest BCUT2D eigenvalue weighted by atomic mass is 10.3. The van der Waals surface area contributed by atoms with Gasteiger partial charge in [0.1, 0.15) is 11.5 Å². The van der Waals surface area contributed by atoms with E-state index < -0.39 is 6.36 Å².